The van der Waals surface area contributed by atoms with Gasteiger partial charge in [0.15, 0.2) is 5.75 Å². The lowest BCUT2D eigenvalue weighted by molar-refractivity contribution is 0.0248. The molecule has 100 valence electrons. The second kappa shape index (κ2) is 6.25. The van der Waals surface area contributed by atoms with Gasteiger partial charge in [0.05, 0.1) is 25.3 Å². The number of pyridine rings is 1. The summed E-state index contributed by atoms with van der Waals surface area (Å²) >= 11 is 5.81. The molecule has 0 N–H and O–H groups in total. The molecule has 2 heterocycles. The van der Waals surface area contributed by atoms with Crippen molar-refractivity contribution in [2.45, 2.75) is 38.3 Å². The number of aromatic nitrogens is 1. The molecule has 1 aromatic heterocycles. The Labute approximate surface area is 111 Å². The van der Waals surface area contributed by atoms with Crippen LogP contribution in [0.5, 0.6) is 5.75 Å². The number of rotatable bonds is 4. The summed E-state index contributed by atoms with van der Waals surface area (Å²) in [6.45, 7) is 4.18. The van der Waals surface area contributed by atoms with Crippen LogP contribution in [-0.4, -0.2) is 23.9 Å². The van der Waals surface area contributed by atoms with Gasteiger partial charge in [-0.05, 0) is 6.92 Å². The molecule has 0 spiro atoms. The van der Waals surface area contributed by atoms with Gasteiger partial charge in [0.1, 0.15) is 6.10 Å². The molecule has 0 radical (unpaired) electrons. The zero-order valence-corrected chi connectivity index (χ0v) is 11.3. The molecule has 4 nitrogen and oxygen atoms in total. The summed E-state index contributed by atoms with van der Waals surface area (Å²) in [6.07, 6.45) is 3.51. The lowest BCUT2D eigenvalue weighted by atomic mass is 10.1. The van der Waals surface area contributed by atoms with E-state index in [1.807, 2.05) is 11.5 Å². The Balaban J connectivity index is 2.19. The van der Waals surface area contributed by atoms with Gasteiger partial charge in [0.25, 0.3) is 0 Å². The molecule has 0 unspecified atom stereocenters. The largest absolute Gasteiger partial charge is 0.485 e. The van der Waals surface area contributed by atoms with E-state index in [4.69, 9.17) is 21.1 Å². The van der Waals surface area contributed by atoms with E-state index >= 15 is 0 Å². The van der Waals surface area contributed by atoms with Crippen LogP contribution in [0.1, 0.15) is 25.5 Å². The van der Waals surface area contributed by atoms with Crippen LogP contribution in [0, 0.1) is 0 Å². The van der Waals surface area contributed by atoms with Gasteiger partial charge in [-0.1, -0.05) is 0 Å². The van der Waals surface area contributed by atoms with E-state index in [1.54, 1.807) is 12.3 Å². The highest BCUT2D eigenvalue weighted by Gasteiger charge is 2.17. The average molecular weight is 272 g/mol. The molecule has 1 aliphatic heterocycles. The Hall–Kier alpha value is -1.00. The van der Waals surface area contributed by atoms with Crippen LogP contribution in [0.3, 0.4) is 0 Å². The molecule has 0 bridgehead atoms. The summed E-state index contributed by atoms with van der Waals surface area (Å²) in [5.41, 5.74) is 0.727. The minimum Gasteiger partial charge on any atom is -0.485 e. The van der Waals surface area contributed by atoms with Gasteiger partial charge < -0.3 is 14.0 Å². The normalized spacial score (nSPS) is 16.8. The van der Waals surface area contributed by atoms with Crippen molar-refractivity contribution in [2.24, 2.45) is 0 Å². The van der Waals surface area contributed by atoms with Gasteiger partial charge in [0.2, 0.25) is 5.43 Å². The number of alkyl halides is 1. The predicted octanol–water partition coefficient (Wildman–Crippen LogP) is 2.16. The molecule has 0 aromatic carbocycles. The van der Waals surface area contributed by atoms with Crippen LogP contribution in [0.25, 0.3) is 0 Å². The number of halogens is 1. The Bertz CT molecular complexity index is 452. The van der Waals surface area contributed by atoms with Crippen molar-refractivity contribution in [2.75, 3.05) is 13.2 Å². The van der Waals surface area contributed by atoms with E-state index in [0.717, 1.165) is 25.1 Å². The molecule has 0 amide bonds. The molecular weight excluding hydrogens is 254 g/mol. The number of nitrogens with zero attached hydrogens (tertiary/aromatic N) is 1. The van der Waals surface area contributed by atoms with Gasteiger partial charge in [-0.3, -0.25) is 4.79 Å². The first-order valence-electron chi connectivity index (χ1n) is 6.28. The molecule has 1 saturated heterocycles. The second-order valence-electron chi connectivity index (χ2n) is 4.34. The van der Waals surface area contributed by atoms with Gasteiger partial charge >= 0.3 is 0 Å². The SMILES string of the molecule is CCn1cc(OC2CCOCC2)c(=O)cc1CCl. The third-order valence-corrected chi connectivity index (χ3v) is 3.40. The average Bonchev–Trinajstić information content (AvgIpc) is 2.41. The maximum absolute atomic E-state index is 11.9. The van der Waals surface area contributed by atoms with Crippen LogP contribution in [-0.2, 0) is 17.2 Å². The highest BCUT2D eigenvalue weighted by atomic mass is 35.5. The first-order chi connectivity index (χ1) is 8.74. The standard InChI is InChI=1S/C13H18ClNO3/c1-2-15-9-13(12(16)7-10(15)8-14)18-11-3-5-17-6-4-11/h7,9,11H,2-6,8H2,1H3. The fourth-order valence-electron chi connectivity index (χ4n) is 2.07. The molecule has 18 heavy (non-hydrogen) atoms. The molecular formula is C13H18ClNO3. The van der Waals surface area contributed by atoms with E-state index in [0.29, 0.717) is 24.8 Å². The maximum atomic E-state index is 11.9. The van der Waals surface area contributed by atoms with Crippen molar-refractivity contribution < 1.29 is 9.47 Å². The van der Waals surface area contributed by atoms with Gasteiger partial charge in [0, 0.05) is 31.1 Å². The Kier molecular flexibility index (Phi) is 4.66. The molecule has 2 rings (SSSR count). The van der Waals surface area contributed by atoms with Crippen LogP contribution in [0.2, 0.25) is 0 Å². The van der Waals surface area contributed by atoms with E-state index in [-0.39, 0.29) is 11.5 Å². The summed E-state index contributed by atoms with van der Waals surface area (Å²) in [6, 6.07) is 1.56. The first kappa shape index (κ1) is 13.4. The lowest BCUT2D eigenvalue weighted by Gasteiger charge is -2.23. The van der Waals surface area contributed by atoms with E-state index in [9.17, 15) is 4.79 Å². The molecule has 1 fully saturated rings. The second-order valence-corrected chi connectivity index (χ2v) is 4.61. The van der Waals surface area contributed by atoms with Crippen molar-refractivity contribution in [1.29, 1.82) is 0 Å². The summed E-state index contributed by atoms with van der Waals surface area (Å²) in [4.78, 5) is 11.9. The summed E-state index contributed by atoms with van der Waals surface area (Å²) in [5.74, 6) is 0.748. The zero-order valence-electron chi connectivity index (χ0n) is 10.5. The lowest BCUT2D eigenvalue weighted by Crippen LogP contribution is -2.28. The van der Waals surface area contributed by atoms with Gasteiger partial charge in [-0.2, -0.15) is 0 Å². The topological polar surface area (TPSA) is 40.5 Å². The summed E-state index contributed by atoms with van der Waals surface area (Å²) in [7, 11) is 0. The third-order valence-electron chi connectivity index (χ3n) is 3.12. The molecule has 5 heteroatoms. The van der Waals surface area contributed by atoms with Crippen molar-refractivity contribution in [3.8, 4) is 5.75 Å². The van der Waals surface area contributed by atoms with Crippen molar-refractivity contribution in [1.82, 2.24) is 4.57 Å². The molecule has 0 atom stereocenters. The molecule has 1 aromatic rings. The fourth-order valence-corrected chi connectivity index (χ4v) is 2.30. The monoisotopic (exact) mass is 271 g/mol. The number of ether oxygens (including phenoxy) is 2. The zero-order chi connectivity index (χ0) is 13.0. The minimum atomic E-state index is -0.0955. The molecule has 0 saturated carbocycles. The smallest absolute Gasteiger partial charge is 0.223 e. The Morgan fingerprint density at radius 2 is 2.22 bits per heavy atom. The van der Waals surface area contributed by atoms with Crippen molar-refractivity contribution in [3.05, 3.63) is 28.2 Å². The van der Waals surface area contributed by atoms with Gasteiger partial charge in [-0.25, -0.2) is 0 Å². The van der Waals surface area contributed by atoms with Crippen molar-refractivity contribution >= 4 is 11.6 Å². The minimum absolute atomic E-state index is 0.0820. The Morgan fingerprint density at radius 3 is 2.83 bits per heavy atom. The van der Waals surface area contributed by atoms with Crippen molar-refractivity contribution in [3.63, 3.8) is 0 Å². The first-order valence-corrected chi connectivity index (χ1v) is 6.81. The van der Waals surface area contributed by atoms with Crippen LogP contribution in [0.15, 0.2) is 17.1 Å². The number of aryl methyl sites for hydroxylation is 1. The number of hydrogen-bond acceptors (Lipinski definition) is 3. The van der Waals surface area contributed by atoms with E-state index < -0.39 is 0 Å². The third kappa shape index (κ3) is 3.06. The molecule has 1 aliphatic rings. The maximum Gasteiger partial charge on any atom is 0.223 e. The van der Waals surface area contributed by atoms with Crippen LogP contribution in [0.4, 0.5) is 0 Å². The summed E-state index contributed by atoms with van der Waals surface area (Å²) < 4.78 is 13.0. The summed E-state index contributed by atoms with van der Waals surface area (Å²) in [5, 5.41) is 0. The predicted molar refractivity (Wildman–Crippen MR) is 70.4 cm³/mol. The Morgan fingerprint density at radius 1 is 1.50 bits per heavy atom. The molecule has 0 aliphatic carbocycles. The quantitative estimate of drug-likeness (QED) is 0.788. The highest BCUT2D eigenvalue weighted by molar-refractivity contribution is 6.16. The van der Waals surface area contributed by atoms with Crippen LogP contribution < -0.4 is 10.2 Å². The fraction of sp³-hybridized carbons (Fsp3) is 0.615. The highest BCUT2D eigenvalue weighted by Crippen LogP contribution is 2.16. The number of hydrogen-bond donors (Lipinski definition) is 0. The van der Waals surface area contributed by atoms with E-state index in [2.05, 4.69) is 0 Å². The van der Waals surface area contributed by atoms with E-state index in [1.165, 1.54) is 0 Å². The van der Waals surface area contributed by atoms with Gasteiger partial charge in [-0.15, -0.1) is 11.6 Å². The van der Waals surface area contributed by atoms with Crippen LogP contribution >= 0.6 is 11.6 Å².